The summed E-state index contributed by atoms with van der Waals surface area (Å²) in [6.45, 7) is 0. The number of halogens is 4. The Kier molecular flexibility index (Phi) is 6.22. The molecule has 0 aromatic heterocycles. The molecule has 0 heterocycles. The van der Waals surface area contributed by atoms with Gasteiger partial charge in [0.05, 0.1) is 17.7 Å². The zero-order valence-electron chi connectivity index (χ0n) is 13.7. The lowest BCUT2D eigenvalue weighted by molar-refractivity contribution is -0.115. The highest BCUT2D eigenvalue weighted by molar-refractivity contribution is 7.90. The lowest BCUT2D eigenvalue weighted by Crippen LogP contribution is -2.28. The van der Waals surface area contributed by atoms with Crippen molar-refractivity contribution >= 4 is 39.0 Å². The number of ether oxygens (including phenoxy) is 1. The van der Waals surface area contributed by atoms with Gasteiger partial charge in [-0.3, -0.25) is 4.79 Å². The number of hydrogen-bond donors (Lipinski definition) is 0. The van der Waals surface area contributed by atoms with Crippen LogP contribution in [0.5, 0.6) is 0 Å². The molecule has 11 heteroatoms. The third-order valence-electron chi connectivity index (χ3n) is 3.22. The number of sulfonamides is 1. The smallest absolute Gasteiger partial charge is 0.422 e. The van der Waals surface area contributed by atoms with Gasteiger partial charge in [-0.2, -0.15) is 26.0 Å². The molecule has 6 nitrogen and oxygen atoms in total. The van der Waals surface area contributed by atoms with Crippen molar-refractivity contribution in [3.05, 3.63) is 53.8 Å². The maximum absolute atomic E-state index is 13.6. The summed E-state index contributed by atoms with van der Waals surface area (Å²) in [6, 6.07) is 6.77. The molecule has 1 aromatic rings. The van der Waals surface area contributed by atoms with Gasteiger partial charge in [-0.1, -0.05) is 18.2 Å². The summed E-state index contributed by atoms with van der Waals surface area (Å²) in [5.74, 6) is -2.26. The minimum absolute atomic E-state index is 0.275. The Morgan fingerprint density at radius 1 is 1.15 bits per heavy atom. The Morgan fingerprint density at radius 3 is 2.26 bits per heavy atom. The fourth-order valence-electron chi connectivity index (χ4n) is 2.14. The van der Waals surface area contributed by atoms with E-state index in [4.69, 9.17) is 16.3 Å². The molecule has 1 aliphatic rings. The van der Waals surface area contributed by atoms with Crippen LogP contribution in [0.3, 0.4) is 0 Å². The molecule has 0 unspecified atom stereocenters. The van der Waals surface area contributed by atoms with Gasteiger partial charge in [-0.05, 0) is 24.3 Å². The molecule has 0 spiro atoms. The van der Waals surface area contributed by atoms with Crippen molar-refractivity contribution < 1.29 is 31.1 Å². The molecule has 0 atom stereocenters. The lowest BCUT2D eigenvalue weighted by Gasteiger charge is -2.20. The van der Waals surface area contributed by atoms with E-state index in [1.54, 1.807) is 6.07 Å². The first-order chi connectivity index (χ1) is 12.6. The van der Waals surface area contributed by atoms with E-state index in [0.29, 0.717) is 0 Å². The maximum Gasteiger partial charge on any atom is 0.422 e. The molecule has 1 aromatic carbocycles. The number of carbonyl (C=O) groups is 1. The lowest BCUT2D eigenvalue weighted by atomic mass is 10.00. The van der Waals surface area contributed by atoms with E-state index in [0.717, 1.165) is 19.3 Å². The third-order valence-corrected chi connectivity index (χ3v) is 4.76. The van der Waals surface area contributed by atoms with E-state index in [2.05, 4.69) is 9.39 Å². The first-order valence-corrected chi connectivity index (χ1v) is 9.19. The summed E-state index contributed by atoms with van der Waals surface area (Å²) in [5, 5.41) is 0. The van der Waals surface area contributed by atoms with Crippen LogP contribution in [0.2, 0.25) is 0 Å². The third kappa shape index (κ3) is 4.83. The van der Waals surface area contributed by atoms with Crippen molar-refractivity contribution in [2.45, 2.75) is 11.1 Å². The summed E-state index contributed by atoms with van der Waals surface area (Å²) in [5.41, 5.74) is -2.79. The molecule has 144 valence electrons. The highest BCUT2D eigenvalue weighted by atomic mass is 35.5. The van der Waals surface area contributed by atoms with E-state index < -0.39 is 50.7 Å². The molecular formula is C16H12ClF3N2O4S. The zero-order valence-corrected chi connectivity index (χ0v) is 15.3. The summed E-state index contributed by atoms with van der Waals surface area (Å²) < 4.78 is 73.4. The van der Waals surface area contributed by atoms with Gasteiger partial charge >= 0.3 is 6.18 Å². The number of hydrogen-bond acceptors (Lipinski definition) is 4. The van der Waals surface area contributed by atoms with Crippen molar-refractivity contribution in [3.8, 4) is 0 Å². The van der Waals surface area contributed by atoms with Crippen LogP contribution in [0.4, 0.5) is 13.2 Å². The van der Waals surface area contributed by atoms with Crippen LogP contribution in [0.25, 0.3) is 0 Å². The van der Waals surface area contributed by atoms with E-state index in [-0.39, 0.29) is 4.90 Å². The Bertz CT molecular complexity index is 965. The number of alkyl halides is 4. The summed E-state index contributed by atoms with van der Waals surface area (Å²) in [7, 11) is -3.48. The van der Waals surface area contributed by atoms with Gasteiger partial charge in [0, 0.05) is 0 Å². The number of allylic oxidation sites excluding steroid dienone is 3. The maximum atomic E-state index is 13.6. The number of methoxy groups -OCH3 is 1. The van der Waals surface area contributed by atoms with Crippen molar-refractivity contribution in [2.75, 3.05) is 13.0 Å². The molecule has 0 N–H and O–H groups in total. The van der Waals surface area contributed by atoms with Crippen molar-refractivity contribution in [1.29, 1.82) is 0 Å². The highest BCUT2D eigenvalue weighted by Crippen LogP contribution is 2.34. The predicted molar refractivity (Wildman–Crippen MR) is 93.5 cm³/mol. The van der Waals surface area contributed by atoms with Crippen molar-refractivity contribution in [2.24, 2.45) is 9.39 Å². The van der Waals surface area contributed by atoms with Crippen LogP contribution < -0.4 is 0 Å². The average molecular weight is 421 g/mol. The van der Waals surface area contributed by atoms with Crippen LogP contribution in [0.1, 0.15) is 0 Å². The van der Waals surface area contributed by atoms with Gasteiger partial charge < -0.3 is 4.74 Å². The number of aliphatic imine (C=N–C) groups is 1. The van der Waals surface area contributed by atoms with Gasteiger partial charge in [0.1, 0.15) is 17.2 Å². The van der Waals surface area contributed by atoms with E-state index in [1.807, 2.05) is 0 Å². The molecule has 0 fully saturated rings. The van der Waals surface area contributed by atoms with Gasteiger partial charge in [-0.25, -0.2) is 4.99 Å². The van der Waals surface area contributed by atoms with Gasteiger partial charge in [0.2, 0.25) is 0 Å². The normalized spacial score (nSPS) is 18.3. The number of rotatable bonds is 4. The molecular weight excluding hydrogens is 409 g/mol. The zero-order chi connectivity index (χ0) is 20.2. The average Bonchev–Trinajstić information content (AvgIpc) is 2.61. The molecule has 0 aliphatic heterocycles. The fraction of sp³-hybridized carbons (Fsp3) is 0.188. The SMILES string of the molecule is COC1=C(C(F)(F)F)/C(=N\S(=O)(=O)c2ccccc2)C=CC1=NC(=O)CCl. The molecule has 0 saturated carbocycles. The monoisotopic (exact) mass is 420 g/mol. The number of amides is 1. The Hall–Kier alpha value is -2.46. The molecule has 2 rings (SSSR count). The topological polar surface area (TPSA) is 85.2 Å². The quantitative estimate of drug-likeness (QED) is 0.553. The molecule has 0 radical (unpaired) electrons. The number of nitrogens with zero attached hydrogens (tertiary/aromatic N) is 2. The van der Waals surface area contributed by atoms with E-state index >= 15 is 0 Å². The summed E-state index contributed by atoms with van der Waals surface area (Å²) >= 11 is 5.31. The van der Waals surface area contributed by atoms with Gasteiger partial charge in [-0.15, -0.1) is 11.6 Å². The first-order valence-electron chi connectivity index (χ1n) is 7.22. The number of benzene rings is 1. The molecule has 27 heavy (non-hydrogen) atoms. The second-order valence-corrected chi connectivity index (χ2v) is 6.90. The minimum atomic E-state index is -5.02. The van der Waals surface area contributed by atoms with Crippen LogP contribution in [0.15, 0.2) is 68.1 Å². The number of carbonyl (C=O) groups excluding carboxylic acids is 1. The van der Waals surface area contributed by atoms with Crippen molar-refractivity contribution in [1.82, 2.24) is 0 Å². The summed E-state index contributed by atoms with van der Waals surface area (Å²) in [4.78, 5) is 14.5. The van der Waals surface area contributed by atoms with Gasteiger partial charge in [0.15, 0.2) is 5.76 Å². The largest absolute Gasteiger partial charge is 0.494 e. The second-order valence-electron chi connectivity index (χ2n) is 5.03. The first kappa shape index (κ1) is 20.8. The Balaban J connectivity index is 2.68. The molecule has 0 bridgehead atoms. The van der Waals surface area contributed by atoms with E-state index in [1.165, 1.54) is 24.3 Å². The Labute approximate surface area is 157 Å². The highest BCUT2D eigenvalue weighted by Gasteiger charge is 2.43. The second kappa shape index (κ2) is 8.05. The molecule has 1 aliphatic carbocycles. The fourth-order valence-corrected chi connectivity index (χ4v) is 3.22. The standard InChI is InChI=1S/C16H12ClF3N2O4S/c1-26-15-12(21-13(23)9-17)8-7-11(14(15)16(18,19)20)22-27(24,25)10-5-3-2-4-6-10/h2-8H,9H2,1H3/b21-12?,22-11-. The predicted octanol–water partition coefficient (Wildman–Crippen LogP) is 3.06. The van der Waals surface area contributed by atoms with Crippen LogP contribution in [-0.4, -0.2) is 44.9 Å². The van der Waals surface area contributed by atoms with Crippen LogP contribution in [-0.2, 0) is 19.6 Å². The molecule has 1 amide bonds. The summed E-state index contributed by atoms with van der Waals surface area (Å²) in [6.07, 6.45) is -3.23. The van der Waals surface area contributed by atoms with Gasteiger partial charge in [0.25, 0.3) is 15.9 Å². The Morgan fingerprint density at radius 2 is 1.74 bits per heavy atom. The molecule has 0 saturated heterocycles. The van der Waals surface area contributed by atoms with E-state index in [9.17, 15) is 26.4 Å². The minimum Gasteiger partial charge on any atom is -0.494 e. The van der Waals surface area contributed by atoms with Crippen LogP contribution in [0, 0.1) is 0 Å². The van der Waals surface area contributed by atoms with Crippen molar-refractivity contribution in [3.63, 3.8) is 0 Å². The van der Waals surface area contributed by atoms with Crippen LogP contribution >= 0.6 is 11.6 Å².